The summed E-state index contributed by atoms with van der Waals surface area (Å²) >= 11 is 0. The summed E-state index contributed by atoms with van der Waals surface area (Å²) in [5.74, 6) is -0.778. The van der Waals surface area contributed by atoms with Crippen molar-refractivity contribution in [3.8, 4) is 0 Å². The van der Waals surface area contributed by atoms with E-state index in [2.05, 4.69) is 5.32 Å². The maximum Gasteiger partial charge on any atom is 0.261 e. The van der Waals surface area contributed by atoms with Crippen LogP contribution in [0.25, 0.3) is 0 Å². The van der Waals surface area contributed by atoms with E-state index in [0.29, 0.717) is 11.1 Å². The molecule has 1 aromatic carbocycles. The lowest BCUT2D eigenvalue weighted by Gasteiger charge is -2.15. The fourth-order valence-electron chi connectivity index (χ4n) is 2.10. The van der Waals surface area contributed by atoms with Gasteiger partial charge in [-0.15, -0.1) is 0 Å². The Labute approximate surface area is 118 Å². The van der Waals surface area contributed by atoms with E-state index in [0.717, 1.165) is 11.3 Å². The van der Waals surface area contributed by atoms with Crippen LogP contribution in [0.4, 0.5) is 0 Å². The van der Waals surface area contributed by atoms with Crippen LogP contribution in [0.15, 0.2) is 24.3 Å². The van der Waals surface area contributed by atoms with Gasteiger partial charge in [-0.05, 0) is 25.5 Å². The maximum absolute atomic E-state index is 12.1. The van der Waals surface area contributed by atoms with Gasteiger partial charge in [0.2, 0.25) is 5.91 Å². The summed E-state index contributed by atoms with van der Waals surface area (Å²) in [7, 11) is 0. The molecule has 5 nitrogen and oxygen atoms in total. The summed E-state index contributed by atoms with van der Waals surface area (Å²) in [6, 6.07) is 6.82. The Morgan fingerprint density at radius 3 is 2.25 bits per heavy atom. The van der Waals surface area contributed by atoms with Gasteiger partial charge in [0.1, 0.15) is 0 Å². The van der Waals surface area contributed by atoms with Gasteiger partial charge >= 0.3 is 0 Å². The summed E-state index contributed by atoms with van der Waals surface area (Å²) in [6.07, 6.45) is 0.981. The molecule has 3 amide bonds. The molecule has 20 heavy (non-hydrogen) atoms. The van der Waals surface area contributed by atoms with Crippen LogP contribution in [0.5, 0.6) is 0 Å². The molecule has 1 aromatic rings. The molecule has 0 spiro atoms. The van der Waals surface area contributed by atoms with Gasteiger partial charge in [0.15, 0.2) is 0 Å². The first-order chi connectivity index (χ1) is 9.54. The molecule has 2 rings (SSSR count). The Balaban J connectivity index is 1.97. The van der Waals surface area contributed by atoms with Crippen molar-refractivity contribution >= 4 is 17.7 Å². The zero-order chi connectivity index (χ0) is 14.7. The van der Waals surface area contributed by atoms with Crippen LogP contribution in [0, 0.1) is 0 Å². The van der Waals surface area contributed by atoms with Crippen molar-refractivity contribution in [3.63, 3.8) is 0 Å². The minimum atomic E-state index is -0.318. The predicted molar refractivity (Wildman–Crippen MR) is 74.3 cm³/mol. The number of hydrogen-bond donors (Lipinski definition) is 1. The molecule has 0 saturated carbocycles. The topological polar surface area (TPSA) is 66.5 Å². The summed E-state index contributed by atoms with van der Waals surface area (Å²) in [6.45, 7) is 4.02. The van der Waals surface area contributed by atoms with E-state index in [9.17, 15) is 14.4 Å². The van der Waals surface area contributed by atoms with Crippen molar-refractivity contribution in [1.82, 2.24) is 10.2 Å². The van der Waals surface area contributed by atoms with Gasteiger partial charge in [-0.25, -0.2) is 0 Å². The Kier molecular flexibility index (Phi) is 4.17. The molecule has 0 aliphatic carbocycles. The van der Waals surface area contributed by atoms with Crippen molar-refractivity contribution in [2.45, 2.75) is 32.7 Å². The Hall–Kier alpha value is -2.17. The van der Waals surface area contributed by atoms with E-state index in [4.69, 9.17) is 0 Å². The minimum Gasteiger partial charge on any atom is -0.354 e. The van der Waals surface area contributed by atoms with E-state index in [-0.39, 0.29) is 36.7 Å². The number of fused-ring (bicyclic) bond motifs is 1. The Morgan fingerprint density at radius 2 is 1.75 bits per heavy atom. The number of benzene rings is 1. The average molecular weight is 274 g/mol. The second-order valence-corrected chi connectivity index (χ2v) is 4.93. The average Bonchev–Trinajstić information content (AvgIpc) is 2.69. The van der Waals surface area contributed by atoms with E-state index >= 15 is 0 Å². The quantitative estimate of drug-likeness (QED) is 0.829. The number of imide groups is 1. The maximum atomic E-state index is 12.1. The van der Waals surface area contributed by atoms with Crippen molar-refractivity contribution < 1.29 is 14.4 Å². The molecular formula is C15H18N2O3. The molecule has 0 bridgehead atoms. The highest BCUT2D eigenvalue weighted by atomic mass is 16.2. The van der Waals surface area contributed by atoms with Gasteiger partial charge in [0.25, 0.3) is 11.8 Å². The molecule has 1 unspecified atom stereocenters. The van der Waals surface area contributed by atoms with Crippen LogP contribution in [0.2, 0.25) is 0 Å². The second kappa shape index (κ2) is 5.86. The molecule has 0 aromatic heterocycles. The lowest BCUT2D eigenvalue weighted by Crippen LogP contribution is -2.37. The van der Waals surface area contributed by atoms with Crippen molar-refractivity contribution in [3.05, 3.63) is 35.4 Å². The largest absolute Gasteiger partial charge is 0.354 e. The Bertz CT molecular complexity index is 519. The molecule has 0 fully saturated rings. The minimum absolute atomic E-state index is 0.102. The van der Waals surface area contributed by atoms with Gasteiger partial charge < -0.3 is 5.32 Å². The molecular weight excluding hydrogens is 256 g/mol. The van der Waals surface area contributed by atoms with Crippen LogP contribution in [0.1, 0.15) is 47.4 Å². The van der Waals surface area contributed by atoms with Crippen LogP contribution in [-0.2, 0) is 4.79 Å². The molecule has 5 heteroatoms. The lowest BCUT2D eigenvalue weighted by molar-refractivity contribution is -0.121. The molecule has 106 valence electrons. The number of hydrogen-bond acceptors (Lipinski definition) is 3. The van der Waals surface area contributed by atoms with Crippen molar-refractivity contribution in [2.75, 3.05) is 6.54 Å². The normalized spacial score (nSPS) is 15.2. The standard InChI is InChI=1S/C15H18N2O3/c1-3-10(2)16-13(18)8-9-17-14(19)11-6-4-5-7-12(11)15(17)20/h4-7,10H,3,8-9H2,1-2H3,(H,16,18). The zero-order valence-corrected chi connectivity index (χ0v) is 11.7. The first kappa shape index (κ1) is 14.2. The number of rotatable bonds is 5. The number of nitrogens with zero attached hydrogens (tertiary/aromatic N) is 1. The molecule has 1 aliphatic heterocycles. The number of amides is 3. The summed E-state index contributed by atoms with van der Waals surface area (Å²) in [5, 5.41) is 2.82. The highest BCUT2D eigenvalue weighted by molar-refractivity contribution is 6.21. The SMILES string of the molecule is CCC(C)NC(=O)CCN1C(=O)c2ccccc2C1=O. The van der Waals surface area contributed by atoms with Crippen LogP contribution < -0.4 is 5.32 Å². The van der Waals surface area contributed by atoms with Gasteiger partial charge in [-0.2, -0.15) is 0 Å². The van der Waals surface area contributed by atoms with Gasteiger partial charge in [0.05, 0.1) is 11.1 Å². The van der Waals surface area contributed by atoms with Crippen molar-refractivity contribution in [1.29, 1.82) is 0 Å². The number of carbonyl (C=O) groups is 3. The van der Waals surface area contributed by atoms with E-state index in [1.807, 2.05) is 13.8 Å². The fraction of sp³-hybridized carbons (Fsp3) is 0.400. The summed E-state index contributed by atoms with van der Waals surface area (Å²) in [5.41, 5.74) is 0.833. The molecule has 1 atom stereocenters. The van der Waals surface area contributed by atoms with Gasteiger partial charge in [-0.3, -0.25) is 19.3 Å². The molecule has 0 radical (unpaired) electrons. The fourth-order valence-corrected chi connectivity index (χ4v) is 2.10. The smallest absolute Gasteiger partial charge is 0.261 e. The van der Waals surface area contributed by atoms with Crippen LogP contribution in [-0.4, -0.2) is 35.2 Å². The van der Waals surface area contributed by atoms with E-state index < -0.39 is 0 Å². The third-order valence-electron chi connectivity index (χ3n) is 3.46. The number of nitrogens with one attached hydrogen (secondary N) is 1. The molecule has 0 saturated heterocycles. The van der Waals surface area contributed by atoms with E-state index in [1.165, 1.54) is 0 Å². The van der Waals surface area contributed by atoms with Crippen LogP contribution >= 0.6 is 0 Å². The third kappa shape index (κ3) is 2.71. The Morgan fingerprint density at radius 1 is 1.20 bits per heavy atom. The summed E-state index contributed by atoms with van der Waals surface area (Å²) < 4.78 is 0. The third-order valence-corrected chi connectivity index (χ3v) is 3.46. The lowest BCUT2D eigenvalue weighted by atomic mass is 10.1. The highest BCUT2D eigenvalue weighted by Crippen LogP contribution is 2.22. The summed E-state index contributed by atoms with van der Waals surface area (Å²) in [4.78, 5) is 37.0. The first-order valence-electron chi connectivity index (χ1n) is 6.79. The van der Waals surface area contributed by atoms with Gasteiger partial charge in [-0.1, -0.05) is 19.1 Å². The molecule has 1 N–H and O–H groups in total. The zero-order valence-electron chi connectivity index (χ0n) is 11.7. The number of carbonyl (C=O) groups excluding carboxylic acids is 3. The predicted octanol–water partition coefficient (Wildman–Crippen LogP) is 1.59. The first-order valence-corrected chi connectivity index (χ1v) is 6.79. The second-order valence-electron chi connectivity index (χ2n) is 4.93. The van der Waals surface area contributed by atoms with Gasteiger partial charge in [0, 0.05) is 19.0 Å². The van der Waals surface area contributed by atoms with E-state index in [1.54, 1.807) is 24.3 Å². The molecule has 1 heterocycles. The molecule has 1 aliphatic rings. The van der Waals surface area contributed by atoms with Crippen molar-refractivity contribution in [2.24, 2.45) is 0 Å². The monoisotopic (exact) mass is 274 g/mol. The highest BCUT2D eigenvalue weighted by Gasteiger charge is 2.34. The van der Waals surface area contributed by atoms with Crippen LogP contribution in [0.3, 0.4) is 0 Å².